The van der Waals surface area contributed by atoms with Crippen molar-refractivity contribution in [2.24, 2.45) is 5.92 Å². The third-order valence-electron chi connectivity index (χ3n) is 4.82. The summed E-state index contributed by atoms with van der Waals surface area (Å²) in [5.41, 5.74) is 2.51. The minimum atomic E-state index is -0.702. The molecule has 0 radical (unpaired) electrons. The van der Waals surface area contributed by atoms with Crippen LogP contribution in [0.3, 0.4) is 0 Å². The van der Waals surface area contributed by atoms with Gasteiger partial charge in [-0.25, -0.2) is 0 Å². The number of aryl methyl sites for hydroxylation is 1. The highest BCUT2D eigenvalue weighted by Crippen LogP contribution is 2.20. The zero-order valence-electron chi connectivity index (χ0n) is 17.0. The van der Waals surface area contributed by atoms with E-state index in [1.807, 2.05) is 32.9 Å². The van der Waals surface area contributed by atoms with Gasteiger partial charge >= 0.3 is 0 Å². The van der Waals surface area contributed by atoms with Gasteiger partial charge in [0.2, 0.25) is 5.91 Å². The van der Waals surface area contributed by atoms with Crippen LogP contribution in [0, 0.1) is 12.8 Å². The molecule has 0 bridgehead atoms. The summed E-state index contributed by atoms with van der Waals surface area (Å²) >= 11 is 0. The molecule has 0 saturated heterocycles. The molecule has 3 N–H and O–H groups in total. The van der Waals surface area contributed by atoms with Crippen LogP contribution in [0.2, 0.25) is 0 Å². The molecule has 1 aliphatic rings. The van der Waals surface area contributed by atoms with Crippen molar-refractivity contribution in [3.63, 3.8) is 0 Å². The fourth-order valence-electron chi connectivity index (χ4n) is 3.00. The first-order valence-corrected chi connectivity index (χ1v) is 9.93. The van der Waals surface area contributed by atoms with Gasteiger partial charge < -0.3 is 16.0 Å². The van der Waals surface area contributed by atoms with E-state index in [9.17, 15) is 14.4 Å². The first-order valence-electron chi connectivity index (χ1n) is 9.93. The summed E-state index contributed by atoms with van der Waals surface area (Å²) in [6, 6.07) is 13.6. The van der Waals surface area contributed by atoms with Crippen LogP contribution in [0.5, 0.6) is 0 Å². The van der Waals surface area contributed by atoms with Crippen LogP contribution in [0.15, 0.2) is 48.5 Å². The molecule has 0 aliphatic heterocycles. The van der Waals surface area contributed by atoms with Gasteiger partial charge in [0, 0.05) is 22.9 Å². The van der Waals surface area contributed by atoms with Crippen LogP contribution in [-0.4, -0.2) is 29.8 Å². The fraction of sp³-hybridized carbons (Fsp3) is 0.348. The largest absolute Gasteiger partial charge is 0.349 e. The molecule has 1 atom stereocenters. The van der Waals surface area contributed by atoms with E-state index in [1.165, 1.54) is 0 Å². The van der Waals surface area contributed by atoms with E-state index < -0.39 is 6.04 Å². The first-order chi connectivity index (χ1) is 13.8. The number of nitrogens with one attached hydrogen (secondary N) is 3. The van der Waals surface area contributed by atoms with Gasteiger partial charge in [-0.05, 0) is 56.0 Å². The van der Waals surface area contributed by atoms with Crippen molar-refractivity contribution in [3.8, 4) is 0 Å². The average Bonchev–Trinajstić information content (AvgIpc) is 3.49. The maximum Gasteiger partial charge on any atom is 0.251 e. The Hall–Kier alpha value is -3.15. The monoisotopic (exact) mass is 393 g/mol. The Morgan fingerprint density at radius 2 is 1.59 bits per heavy atom. The number of benzene rings is 2. The van der Waals surface area contributed by atoms with E-state index in [-0.39, 0.29) is 29.7 Å². The third-order valence-corrected chi connectivity index (χ3v) is 4.82. The highest BCUT2D eigenvalue weighted by atomic mass is 16.2. The van der Waals surface area contributed by atoms with Crippen LogP contribution < -0.4 is 16.0 Å². The highest BCUT2D eigenvalue weighted by Gasteiger charge is 2.26. The topological polar surface area (TPSA) is 87.3 Å². The summed E-state index contributed by atoms with van der Waals surface area (Å²) in [5, 5.41) is 8.58. The summed E-state index contributed by atoms with van der Waals surface area (Å²) in [4.78, 5) is 37.6. The lowest BCUT2D eigenvalue weighted by Crippen LogP contribution is -2.47. The summed E-state index contributed by atoms with van der Waals surface area (Å²) < 4.78 is 0. The smallest absolute Gasteiger partial charge is 0.251 e. The van der Waals surface area contributed by atoms with E-state index in [4.69, 9.17) is 0 Å². The Bertz CT molecular complexity index is 919. The second-order valence-corrected chi connectivity index (χ2v) is 7.88. The molecule has 0 heterocycles. The molecule has 3 amide bonds. The molecule has 152 valence electrons. The predicted octanol–water partition coefficient (Wildman–Crippen LogP) is 3.28. The molecular weight excluding hydrogens is 366 g/mol. The maximum absolute atomic E-state index is 12.8. The van der Waals surface area contributed by atoms with Gasteiger partial charge in [0.1, 0.15) is 6.04 Å². The number of carbonyl (C=O) groups excluding carboxylic acids is 3. The van der Waals surface area contributed by atoms with Gasteiger partial charge in [0.25, 0.3) is 11.8 Å². The lowest BCUT2D eigenvalue weighted by Gasteiger charge is -2.22. The molecule has 3 rings (SSSR count). The number of rotatable bonds is 7. The lowest BCUT2D eigenvalue weighted by atomic mass is 10.0. The van der Waals surface area contributed by atoms with Crippen LogP contribution in [0.1, 0.15) is 53.0 Å². The average molecular weight is 393 g/mol. The van der Waals surface area contributed by atoms with Gasteiger partial charge in [-0.15, -0.1) is 0 Å². The lowest BCUT2D eigenvalue weighted by molar-refractivity contribution is -0.118. The normalized spacial score (nSPS) is 14.2. The SMILES string of the molecule is Cc1cccc(C(=O)N[C@H](C(=O)Nc2cccc(C(=O)NC3CC3)c2)C(C)C)c1. The quantitative estimate of drug-likeness (QED) is 0.675. The van der Waals surface area contributed by atoms with Gasteiger partial charge in [0.15, 0.2) is 0 Å². The van der Waals surface area contributed by atoms with Crippen LogP contribution in [0.4, 0.5) is 5.69 Å². The highest BCUT2D eigenvalue weighted by molar-refractivity contribution is 6.02. The van der Waals surface area contributed by atoms with Crippen molar-refractivity contribution in [2.75, 3.05) is 5.32 Å². The molecule has 2 aromatic carbocycles. The van der Waals surface area contributed by atoms with E-state index in [0.29, 0.717) is 16.8 Å². The molecule has 6 heteroatoms. The number of hydrogen-bond donors (Lipinski definition) is 3. The molecule has 6 nitrogen and oxygen atoms in total. The zero-order valence-corrected chi connectivity index (χ0v) is 17.0. The number of carbonyl (C=O) groups is 3. The second kappa shape index (κ2) is 8.90. The first kappa shape index (κ1) is 20.6. The molecule has 1 aliphatic carbocycles. The molecule has 2 aromatic rings. The van der Waals surface area contributed by atoms with E-state index in [0.717, 1.165) is 18.4 Å². The minimum absolute atomic E-state index is 0.106. The standard InChI is InChI=1S/C23H27N3O3/c1-14(2)20(26-22(28)16-7-4-6-15(3)12-16)23(29)25-19-9-5-8-17(13-19)21(27)24-18-10-11-18/h4-9,12-14,18,20H,10-11H2,1-3H3,(H,24,27)(H,25,29)(H,26,28)/t20-/m0/s1. The van der Waals surface area contributed by atoms with Gasteiger partial charge in [0.05, 0.1) is 0 Å². The van der Waals surface area contributed by atoms with E-state index in [1.54, 1.807) is 36.4 Å². The second-order valence-electron chi connectivity index (χ2n) is 7.88. The number of anilines is 1. The Kier molecular flexibility index (Phi) is 6.32. The van der Waals surface area contributed by atoms with Crippen molar-refractivity contribution in [2.45, 2.75) is 45.7 Å². The third kappa shape index (κ3) is 5.67. The molecule has 0 unspecified atom stereocenters. The summed E-state index contributed by atoms with van der Waals surface area (Å²) in [6.45, 7) is 5.66. The fourth-order valence-corrected chi connectivity index (χ4v) is 3.00. The summed E-state index contributed by atoms with van der Waals surface area (Å²) in [5.74, 6) is -0.859. The van der Waals surface area contributed by atoms with Gasteiger partial charge in [-0.3, -0.25) is 14.4 Å². The Balaban J connectivity index is 1.68. The molecular formula is C23H27N3O3. The molecule has 1 fully saturated rings. The van der Waals surface area contributed by atoms with Crippen molar-refractivity contribution in [3.05, 3.63) is 65.2 Å². The van der Waals surface area contributed by atoms with E-state index >= 15 is 0 Å². The molecule has 0 spiro atoms. The molecule has 0 aromatic heterocycles. The van der Waals surface area contributed by atoms with Gasteiger partial charge in [-0.2, -0.15) is 0 Å². The molecule has 1 saturated carbocycles. The van der Waals surface area contributed by atoms with Crippen molar-refractivity contribution in [1.82, 2.24) is 10.6 Å². The summed E-state index contributed by atoms with van der Waals surface area (Å²) in [7, 11) is 0. The number of hydrogen-bond acceptors (Lipinski definition) is 3. The van der Waals surface area contributed by atoms with Crippen molar-refractivity contribution in [1.29, 1.82) is 0 Å². The van der Waals surface area contributed by atoms with Crippen LogP contribution in [-0.2, 0) is 4.79 Å². The van der Waals surface area contributed by atoms with Crippen molar-refractivity contribution >= 4 is 23.4 Å². The Morgan fingerprint density at radius 3 is 2.21 bits per heavy atom. The zero-order chi connectivity index (χ0) is 21.0. The van der Waals surface area contributed by atoms with E-state index in [2.05, 4.69) is 16.0 Å². The minimum Gasteiger partial charge on any atom is -0.349 e. The molecule has 29 heavy (non-hydrogen) atoms. The Labute approximate surface area is 171 Å². The summed E-state index contributed by atoms with van der Waals surface area (Å²) in [6.07, 6.45) is 2.03. The van der Waals surface area contributed by atoms with Crippen molar-refractivity contribution < 1.29 is 14.4 Å². The van der Waals surface area contributed by atoms with Gasteiger partial charge in [-0.1, -0.05) is 37.6 Å². The van der Waals surface area contributed by atoms with Crippen LogP contribution >= 0.6 is 0 Å². The van der Waals surface area contributed by atoms with Crippen LogP contribution in [0.25, 0.3) is 0 Å². The maximum atomic E-state index is 12.8. The Morgan fingerprint density at radius 1 is 0.931 bits per heavy atom. The predicted molar refractivity (Wildman–Crippen MR) is 113 cm³/mol. The number of amides is 3.